The largest absolute Gasteiger partial charge is 0.507 e. The number of nitrogens with zero attached hydrogens (tertiary/aromatic N) is 2. The first-order chi connectivity index (χ1) is 16.3. The van der Waals surface area contributed by atoms with E-state index in [4.69, 9.17) is 14.2 Å². The van der Waals surface area contributed by atoms with Crippen molar-refractivity contribution in [1.82, 2.24) is 9.80 Å². The summed E-state index contributed by atoms with van der Waals surface area (Å²) in [7, 11) is 3.70. The van der Waals surface area contributed by atoms with E-state index in [1.54, 1.807) is 7.11 Å². The maximum atomic E-state index is 11.3. The van der Waals surface area contributed by atoms with Gasteiger partial charge in [-0.1, -0.05) is 6.07 Å². The summed E-state index contributed by atoms with van der Waals surface area (Å²) in [6.07, 6.45) is 1.36. The highest BCUT2D eigenvalue weighted by atomic mass is 16.7. The number of hydrogen-bond donors (Lipinski definition) is 3. The van der Waals surface area contributed by atoms with Gasteiger partial charge in [0.05, 0.1) is 25.8 Å². The molecule has 4 heterocycles. The van der Waals surface area contributed by atoms with Gasteiger partial charge in [-0.25, -0.2) is 0 Å². The summed E-state index contributed by atoms with van der Waals surface area (Å²) in [6, 6.07) is 1.95. The number of benzene rings is 2. The normalized spacial score (nSPS) is 29.4. The second-order valence-electron chi connectivity index (χ2n) is 10.1. The Bertz CT molecular complexity index is 1200. The summed E-state index contributed by atoms with van der Waals surface area (Å²) in [5.74, 6) is 2.11. The minimum atomic E-state index is -0.347. The van der Waals surface area contributed by atoms with Crippen molar-refractivity contribution in [3.8, 4) is 28.7 Å². The van der Waals surface area contributed by atoms with Crippen molar-refractivity contribution in [2.75, 3.05) is 27.6 Å². The first kappa shape index (κ1) is 21.8. The number of hydrogen-bond acceptors (Lipinski definition) is 8. The molecule has 2 bridgehead atoms. The molecule has 0 aromatic heterocycles. The lowest BCUT2D eigenvalue weighted by Crippen LogP contribution is -2.67. The number of phenolic OH excluding ortho intramolecular Hbond substituents is 2. The van der Waals surface area contributed by atoms with Gasteiger partial charge in [0, 0.05) is 40.4 Å². The first-order valence-corrected chi connectivity index (χ1v) is 11.9. The summed E-state index contributed by atoms with van der Waals surface area (Å²) in [5, 5.41) is 33.2. The third-order valence-electron chi connectivity index (χ3n) is 8.67. The average molecular weight is 469 g/mol. The minimum Gasteiger partial charge on any atom is -0.507 e. The van der Waals surface area contributed by atoms with Gasteiger partial charge < -0.3 is 29.5 Å². The van der Waals surface area contributed by atoms with Crippen molar-refractivity contribution in [3.05, 3.63) is 39.4 Å². The Kier molecular flexibility index (Phi) is 4.76. The van der Waals surface area contributed by atoms with Crippen LogP contribution in [0.4, 0.5) is 0 Å². The smallest absolute Gasteiger partial charge is 0.231 e. The minimum absolute atomic E-state index is 0.0658. The van der Waals surface area contributed by atoms with E-state index in [9.17, 15) is 15.3 Å². The van der Waals surface area contributed by atoms with E-state index in [-0.39, 0.29) is 55.1 Å². The van der Waals surface area contributed by atoms with Gasteiger partial charge >= 0.3 is 0 Å². The van der Waals surface area contributed by atoms with Crippen molar-refractivity contribution in [2.45, 2.75) is 63.8 Å². The molecule has 4 aliphatic rings. The van der Waals surface area contributed by atoms with Gasteiger partial charge in [-0.3, -0.25) is 9.80 Å². The molecular formula is C26H32N2O6. The third kappa shape index (κ3) is 2.59. The molecule has 5 atom stereocenters. The zero-order valence-corrected chi connectivity index (χ0v) is 20.3. The number of aromatic hydroxyl groups is 2. The van der Waals surface area contributed by atoms with Crippen LogP contribution in [0.15, 0.2) is 6.07 Å². The van der Waals surface area contributed by atoms with Crippen LogP contribution in [0.5, 0.6) is 28.7 Å². The molecule has 0 spiro atoms. The number of phenols is 2. The summed E-state index contributed by atoms with van der Waals surface area (Å²) in [5.41, 5.74) is 5.25. The standard InChI is InChI=1S/C26H32N2O6/c1-11-6-14-7-16-13(3)28-17(21(27(16)4)19(14)23(31)24(11)32-5)8-15-20(18(28)9-29)26-25(33-10-34-26)12(2)22(15)30/h6,13,16-18,21,29-31H,7-10H2,1-5H3/t13-,16+,17?,18-,21+/m0/s1. The van der Waals surface area contributed by atoms with E-state index in [2.05, 4.69) is 29.8 Å². The predicted molar refractivity (Wildman–Crippen MR) is 125 cm³/mol. The molecule has 1 fully saturated rings. The fraction of sp³-hybridized carbons (Fsp3) is 0.538. The number of aliphatic hydroxyl groups is 1. The number of fused-ring (bicyclic) bond motifs is 9. The van der Waals surface area contributed by atoms with Crippen molar-refractivity contribution < 1.29 is 29.5 Å². The van der Waals surface area contributed by atoms with E-state index in [1.807, 2.05) is 13.8 Å². The van der Waals surface area contributed by atoms with Crippen LogP contribution in [0.25, 0.3) is 0 Å². The van der Waals surface area contributed by atoms with E-state index >= 15 is 0 Å². The molecule has 1 unspecified atom stereocenters. The molecule has 2 aromatic carbocycles. The summed E-state index contributed by atoms with van der Waals surface area (Å²) in [6.45, 7) is 6.02. The van der Waals surface area contributed by atoms with Gasteiger partial charge in [0.25, 0.3) is 0 Å². The molecule has 8 nitrogen and oxygen atoms in total. The van der Waals surface area contributed by atoms with Gasteiger partial charge in [0.1, 0.15) is 5.75 Å². The Morgan fingerprint density at radius 1 is 1.06 bits per heavy atom. The van der Waals surface area contributed by atoms with Crippen LogP contribution < -0.4 is 14.2 Å². The van der Waals surface area contributed by atoms with Crippen LogP contribution in [0, 0.1) is 13.8 Å². The summed E-state index contributed by atoms with van der Waals surface area (Å²) in [4.78, 5) is 4.74. The van der Waals surface area contributed by atoms with Crippen molar-refractivity contribution in [2.24, 2.45) is 0 Å². The zero-order valence-electron chi connectivity index (χ0n) is 20.3. The van der Waals surface area contributed by atoms with Crippen LogP contribution in [-0.4, -0.2) is 70.8 Å². The third-order valence-corrected chi connectivity index (χ3v) is 8.67. The Morgan fingerprint density at radius 3 is 2.50 bits per heavy atom. The molecule has 182 valence electrons. The lowest BCUT2D eigenvalue weighted by molar-refractivity contribution is -0.0941. The highest BCUT2D eigenvalue weighted by Gasteiger charge is 2.55. The molecule has 6 rings (SSSR count). The SMILES string of the molecule is COc1c(C)cc2c(c1O)[C@H]1C3Cc4c(O)c(C)c5c(c4[C@H](CO)N3[C@@H](C)[C@@H](C2)N1C)OCO5. The van der Waals surface area contributed by atoms with Crippen LogP contribution >= 0.6 is 0 Å². The number of aliphatic hydroxyl groups excluding tert-OH is 1. The molecular weight excluding hydrogens is 436 g/mol. The highest BCUT2D eigenvalue weighted by Crippen LogP contribution is 2.58. The lowest BCUT2D eigenvalue weighted by Gasteiger charge is -2.61. The molecule has 2 aromatic rings. The first-order valence-electron chi connectivity index (χ1n) is 11.9. The molecule has 8 heteroatoms. The van der Waals surface area contributed by atoms with E-state index in [0.717, 1.165) is 34.2 Å². The quantitative estimate of drug-likeness (QED) is 0.620. The molecule has 3 N–H and O–H groups in total. The van der Waals surface area contributed by atoms with Crippen molar-refractivity contribution >= 4 is 0 Å². The van der Waals surface area contributed by atoms with Gasteiger partial charge in [-0.15, -0.1) is 0 Å². The fourth-order valence-electron chi connectivity index (χ4n) is 7.23. The average Bonchev–Trinajstić information content (AvgIpc) is 3.30. The molecule has 34 heavy (non-hydrogen) atoms. The Balaban J connectivity index is 1.58. The molecule has 0 radical (unpaired) electrons. The molecule has 0 amide bonds. The summed E-state index contributed by atoms with van der Waals surface area (Å²) >= 11 is 0. The predicted octanol–water partition coefficient (Wildman–Crippen LogP) is 2.71. The number of ether oxygens (including phenoxy) is 3. The summed E-state index contributed by atoms with van der Waals surface area (Å²) < 4.78 is 17.1. The molecule has 0 aliphatic carbocycles. The van der Waals surface area contributed by atoms with Gasteiger partial charge in [0.15, 0.2) is 23.0 Å². The highest BCUT2D eigenvalue weighted by molar-refractivity contribution is 5.66. The molecule has 0 saturated carbocycles. The van der Waals surface area contributed by atoms with Crippen LogP contribution in [0.1, 0.15) is 52.4 Å². The number of aryl methyl sites for hydroxylation is 1. The number of rotatable bonds is 2. The monoisotopic (exact) mass is 468 g/mol. The number of likely N-dealkylation sites (N-methyl/N-ethyl adjacent to an activating group) is 1. The topological polar surface area (TPSA) is 94.9 Å². The van der Waals surface area contributed by atoms with Crippen molar-refractivity contribution in [3.63, 3.8) is 0 Å². The van der Waals surface area contributed by atoms with Gasteiger partial charge in [-0.05, 0) is 51.8 Å². The Labute approximate surface area is 199 Å². The maximum absolute atomic E-state index is 11.3. The second-order valence-corrected chi connectivity index (χ2v) is 10.1. The number of methoxy groups -OCH3 is 1. The van der Waals surface area contributed by atoms with E-state index < -0.39 is 0 Å². The van der Waals surface area contributed by atoms with Crippen LogP contribution in [0.2, 0.25) is 0 Å². The Morgan fingerprint density at radius 2 is 1.79 bits per heavy atom. The lowest BCUT2D eigenvalue weighted by atomic mass is 9.72. The number of piperazine rings is 1. The van der Waals surface area contributed by atoms with E-state index in [0.29, 0.717) is 29.2 Å². The van der Waals surface area contributed by atoms with Crippen LogP contribution in [0.3, 0.4) is 0 Å². The van der Waals surface area contributed by atoms with Gasteiger partial charge in [-0.2, -0.15) is 0 Å². The second kappa shape index (κ2) is 7.41. The van der Waals surface area contributed by atoms with Gasteiger partial charge in [0.2, 0.25) is 6.79 Å². The fourth-order valence-corrected chi connectivity index (χ4v) is 7.23. The van der Waals surface area contributed by atoms with E-state index in [1.165, 1.54) is 0 Å². The van der Waals surface area contributed by atoms with Crippen molar-refractivity contribution in [1.29, 1.82) is 0 Å². The van der Waals surface area contributed by atoms with Crippen LogP contribution in [-0.2, 0) is 12.8 Å². The Hall–Kier alpha value is -2.68. The molecule has 4 aliphatic heterocycles. The maximum Gasteiger partial charge on any atom is 0.231 e. The molecule has 1 saturated heterocycles. The zero-order chi connectivity index (χ0) is 24.0.